The minimum atomic E-state index is -0.524. The number of nitrogens with one attached hydrogen (secondary N) is 1. The molecule has 0 aromatic carbocycles. The SMILES string of the molecule is CCc1nnc(C)cc1-c1nc(N)nc(=O)[nH]1. The molecule has 88 valence electrons. The van der Waals surface area contributed by atoms with E-state index in [2.05, 4.69) is 25.1 Å². The molecule has 0 spiro atoms. The summed E-state index contributed by atoms with van der Waals surface area (Å²) in [6.45, 7) is 3.77. The number of aromatic nitrogens is 5. The standard InChI is InChI=1S/C10H12N6O/c1-3-7-6(4-5(2)15-16-7)8-12-9(11)14-10(17)13-8/h4H,3H2,1-2H3,(H3,11,12,13,14,17). The molecule has 0 saturated carbocycles. The number of aryl methyl sites for hydroxylation is 2. The van der Waals surface area contributed by atoms with Crippen LogP contribution in [-0.4, -0.2) is 25.1 Å². The summed E-state index contributed by atoms with van der Waals surface area (Å²) in [6, 6.07) is 1.81. The summed E-state index contributed by atoms with van der Waals surface area (Å²) in [5, 5.41) is 8.02. The number of nitrogens with zero attached hydrogens (tertiary/aromatic N) is 4. The lowest BCUT2D eigenvalue weighted by Gasteiger charge is -2.06. The molecule has 2 rings (SSSR count). The Morgan fingerprint density at radius 1 is 1.35 bits per heavy atom. The Morgan fingerprint density at radius 2 is 2.12 bits per heavy atom. The monoisotopic (exact) mass is 232 g/mol. The van der Waals surface area contributed by atoms with Gasteiger partial charge < -0.3 is 5.73 Å². The maximum Gasteiger partial charge on any atom is 0.349 e. The zero-order chi connectivity index (χ0) is 12.4. The predicted molar refractivity (Wildman–Crippen MR) is 62.2 cm³/mol. The van der Waals surface area contributed by atoms with Crippen molar-refractivity contribution in [3.8, 4) is 11.4 Å². The van der Waals surface area contributed by atoms with Crippen LogP contribution in [0.2, 0.25) is 0 Å². The van der Waals surface area contributed by atoms with Gasteiger partial charge >= 0.3 is 5.69 Å². The summed E-state index contributed by atoms with van der Waals surface area (Å²) >= 11 is 0. The number of H-pyrrole nitrogens is 1. The van der Waals surface area contributed by atoms with Gasteiger partial charge in [0.1, 0.15) is 5.82 Å². The average Bonchev–Trinajstić information content (AvgIpc) is 2.27. The van der Waals surface area contributed by atoms with Crippen molar-refractivity contribution in [2.45, 2.75) is 20.3 Å². The van der Waals surface area contributed by atoms with Crippen molar-refractivity contribution in [1.82, 2.24) is 25.1 Å². The van der Waals surface area contributed by atoms with E-state index in [9.17, 15) is 4.79 Å². The molecule has 17 heavy (non-hydrogen) atoms. The zero-order valence-corrected chi connectivity index (χ0v) is 9.56. The van der Waals surface area contributed by atoms with Crippen LogP contribution >= 0.6 is 0 Å². The molecule has 0 atom stereocenters. The number of rotatable bonds is 2. The molecule has 2 aromatic rings. The maximum absolute atomic E-state index is 11.2. The number of nitrogen functional groups attached to an aromatic ring is 1. The maximum atomic E-state index is 11.2. The molecule has 0 bridgehead atoms. The Bertz CT molecular complexity index is 606. The summed E-state index contributed by atoms with van der Waals surface area (Å²) in [4.78, 5) is 21.2. The van der Waals surface area contributed by atoms with Gasteiger partial charge in [0.2, 0.25) is 5.95 Å². The van der Waals surface area contributed by atoms with E-state index in [-0.39, 0.29) is 5.95 Å². The molecule has 0 amide bonds. The molecule has 7 heteroatoms. The molecule has 0 aliphatic rings. The largest absolute Gasteiger partial charge is 0.368 e. The van der Waals surface area contributed by atoms with E-state index in [4.69, 9.17) is 5.73 Å². The van der Waals surface area contributed by atoms with E-state index in [0.717, 1.165) is 17.0 Å². The van der Waals surface area contributed by atoms with Crippen molar-refractivity contribution in [2.75, 3.05) is 5.73 Å². The van der Waals surface area contributed by atoms with Crippen LogP contribution in [0.25, 0.3) is 11.4 Å². The van der Waals surface area contributed by atoms with Crippen LogP contribution in [0.1, 0.15) is 18.3 Å². The van der Waals surface area contributed by atoms with Crippen LogP contribution in [-0.2, 0) is 6.42 Å². The molecule has 0 aliphatic heterocycles. The minimum absolute atomic E-state index is 0.0553. The van der Waals surface area contributed by atoms with Crippen LogP contribution in [0, 0.1) is 6.92 Å². The van der Waals surface area contributed by atoms with Crippen LogP contribution < -0.4 is 11.4 Å². The molecular formula is C10H12N6O. The van der Waals surface area contributed by atoms with Crippen molar-refractivity contribution in [3.63, 3.8) is 0 Å². The lowest BCUT2D eigenvalue weighted by molar-refractivity contribution is 0.887. The van der Waals surface area contributed by atoms with Gasteiger partial charge in [-0.3, -0.25) is 4.98 Å². The second kappa shape index (κ2) is 4.28. The van der Waals surface area contributed by atoms with E-state index >= 15 is 0 Å². The van der Waals surface area contributed by atoms with Gasteiger partial charge in [0.15, 0.2) is 0 Å². The molecule has 7 nitrogen and oxygen atoms in total. The smallest absolute Gasteiger partial charge is 0.349 e. The Labute approximate surface area is 97.2 Å². The van der Waals surface area contributed by atoms with Gasteiger partial charge in [0.25, 0.3) is 0 Å². The first kappa shape index (κ1) is 11.2. The van der Waals surface area contributed by atoms with Gasteiger partial charge in [0.05, 0.1) is 11.4 Å². The number of anilines is 1. The second-order valence-corrected chi connectivity index (χ2v) is 3.56. The number of hydrogen-bond acceptors (Lipinski definition) is 6. The van der Waals surface area contributed by atoms with E-state index in [0.29, 0.717) is 12.2 Å². The number of hydrogen-bond donors (Lipinski definition) is 2. The molecular weight excluding hydrogens is 220 g/mol. The van der Waals surface area contributed by atoms with E-state index in [1.54, 1.807) is 0 Å². The predicted octanol–water partition coefficient (Wildman–Crippen LogP) is 0.0749. The van der Waals surface area contributed by atoms with Gasteiger partial charge in [0, 0.05) is 5.56 Å². The summed E-state index contributed by atoms with van der Waals surface area (Å²) in [6.07, 6.45) is 0.689. The first-order valence-corrected chi connectivity index (χ1v) is 5.17. The molecule has 0 unspecified atom stereocenters. The molecule has 2 heterocycles. The quantitative estimate of drug-likeness (QED) is 0.758. The molecule has 2 aromatic heterocycles. The van der Waals surface area contributed by atoms with Crippen LogP contribution in [0.5, 0.6) is 0 Å². The van der Waals surface area contributed by atoms with Crippen LogP contribution in [0.15, 0.2) is 10.9 Å². The summed E-state index contributed by atoms with van der Waals surface area (Å²) in [5.74, 6) is 0.317. The molecule has 0 radical (unpaired) electrons. The highest BCUT2D eigenvalue weighted by Gasteiger charge is 2.10. The number of aromatic amines is 1. The van der Waals surface area contributed by atoms with Crippen molar-refractivity contribution in [2.24, 2.45) is 0 Å². The van der Waals surface area contributed by atoms with E-state index in [1.807, 2.05) is 19.9 Å². The van der Waals surface area contributed by atoms with E-state index < -0.39 is 5.69 Å². The Morgan fingerprint density at radius 3 is 2.76 bits per heavy atom. The van der Waals surface area contributed by atoms with Crippen molar-refractivity contribution >= 4 is 5.95 Å². The third-order valence-corrected chi connectivity index (χ3v) is 2.25. The highest BCUT2D eigenvalue weighted by molar-refractivity contribution is 5.58. The molecule has 3 N–H and O–H groups in total. The van der Waals surface area contributed by atoms with E-state index in [1.165, 1.54) is 0 Å². The minimum Gasteiger partial charge on any atom is -0.368 e. The van der Waals surface area contributed by atoms with Crippen molar-refractivity contribution in [1.29, 1.82) is 0 Å². The Balaban J connectivity index is 2.66. The fourth-order valence-corrected chi connectivity index (χ4v) is 1.51. The third kappa shape index (κ3) is 2.27. The van der Waals surface area contributed by atoms with Crippen molar-refractivity contribution in [3.05, 3.63) is 27.9 Å². The summed E-state index contributed by atoms with van der Waals surface area (Å²) in [5.41, 5.74) is 7.15. The van der Waals surface area contributed by atoms with Crippen molar-refractivity contribution < 1.29 is 0 Å². The van der Waals surface area contributed by atoms with Gasteiger partial charge in [-0.2, -0.15) is 20.2 Å². The molecule has 0 aliphatic carbocycles. The number of nitrogens with two attached hydrogens (primary N) is 1. The highest BCUT2D eigenvalue weighted by Crippen LogP contribution is 2.18. The second-order valence-electron chi connectivity index (χ2n) is 3.56. The van der Waals surface area contributed by atoms with Gasteiger partial charge in [-0.05, 0) is 19.4 Å². The summed E-state index contributed by atoms with van der Waals surface area (Å²) in [7, 11) is 0. The topological polar surface area (TPSA) is 110 Å². The average molecular weight is 232 g/mol. The van der Waals surface area contributed by atoms with Gasteiger partial charge in [-0.15, -0.1) is 0 Å². The lowest BCUT2D eigenvalue weighted by Crippen LogP contribution is -2.16. The normalized spacial score (nSPS) is 10.5. The van der Waals surface area contributed by atoms with Crippen LogP contribution in [0.4, 0.5) is 5.95 Å². The highest BCUT2D eigenvalue weighted by atomic mass is 16.1. The fourth-order valence-electron chi connectivity index (χ4n) is 1.51. The Hall–Kier alpha value is -2.31. The first-order valence-electron chi connectivity index (χ1n) is 5.17. The van der Waals surface area contributed by atoms with Gasteiger partial charge in [-0.25, -0.2) is 4.79 Å². The van der Waals surface area contributed by atoms with Gasteiger partial charge in [-0.1, -0.05) is 6.92 Å². The summed E-state index contributed by atoms with van der Waals surface area (Å²) < 4.78 is 0. The Kier molecular flexibility index (Phi) is 2.82. The zero-order valence-electron chi connectivity index (χ0n) is 9.56. The fraction of sp³-hybridized carbons (Fsp3) is 0.300. The lowest BCUT2D eigenvalue weighted by atomic mass is 10.1. The molecule has 0 saturated heterocycles. The van der Waals surface area contributed by atoms with Crippen LogP contribution in [0.3, 0.4) is 0 Å². The third-order valence-electron chi connectivity index (χ3n) is 2.25. The first-order chi connectivity index (χ1) is 8.10. The molecule has 0 fully saturated rings.